The standard InChI is InChI=1S/C35H43N3O6/c1-6-20-36(4)31(40)28-29-32(41)38(26(23-39)22-24-12-10-9-11-13-24)30(35(29)19-18-34(28,8-3)44-35)33(42)37(21-7-2)25-14-16-27(43-5)17-15-25/h6-7,9-17,26,28-30,39H,1-2,8,18-23H2,3-5H3/t26-,28+,29+,30?,34-,35?/m1/s1. The summed E-state index contributed by atoms with van der Waals surface area (Å²) in [7, 11) is 3.28. The first kappa shape index (κ1) is 31.5. The highest BCUT2D eigenvalue weighted by atomic mass is 16.5. The Morgan fingerprint density at radius 3 is 2.36 bits per heavy atom. The van der Waals surface area contributed by atoms with Crippen molar-refractivity contribution in [3.63, 3.8) is 0 Å². The second-order valence-corrected chi connectivity index (χ2v) is 12.0. The summed E-state index contributed by atoms with van der Waals surface area (Å²) in [6.45, 7) is 9.80. The molecule has 9 heteroatoms. The van der Waals surface area contributed by atoms with E-state index in [2.05, 4.69) is 13.2 Å². The lowest BCUT2D eigenvalue weighted by atomic mass is 9.64. The molecule has 0 aliphatic carbocycles. The lowest BCUT2D eigenvalue weighted by Gasteiger charge is -2.39. The molecule has 3 aliphatic heterocycles. The van der Waals surface area contributed by atoms with E-state index in [0.29, 0.717) is 43.7 Å². The molecule has 3 aliphatic rings. The summed E-state index contributed by atoms with van der Waals surface area (Å²) in [5.41, 5.74) is -0.556. The van der Waals surface area contributed by atoms with Crippen LogP contribution in [-0.2, 0) is 25.5 Å². The minimum atomic E-state index is -1.23. The van der Waals surface area contributed by atoms with E-state index in [1.807, 2.05) is 37.3 Å². The number of rotatable bonds is 13. The molecular formula is C35H43N3O6. The van der Waals surface area contributed by atoms with Gasteiger partial charge in [-0.05, 0) is 55.5 Å². The van der Waals surface area contributed by atoms with Crippen LogP contribution in [0.25, 0.3) is 0 Å². The molecule has 2 bridgehead atoms. The molecule has 2 aromatic carbocycles. The average molecular weight is 602 g/mol. The van der Waals surface area contributed by atoms with Crippen molar-refractivity contribution >= 4 is 23.4 Å². The predicted octanol–water partition coefficient (Wildman–Crippen LogP) is 3.62. The van der Waals surface area contributed by atoms with Gasteiger partial charge in [0.2, 0.25) is 11.8 Å². The van der Waals surface area contributed by atoms with Gasteiger partial charge in [-0.3, -0.25) is 14.4 Å². The van der Waals surface area contributed by atoms with Gasteiger partial charge in [-0.15, -0.1) is 13.2 Å². The Kier molecular flexibility index (Phi) is 9.00. The number of hydrogen-bond acceptors (Lipinski definition) is 6. The molecule has 3 amide bonds. The Bertz CT molecular complexity index is 1400. The summed E-state index contributed by atoms with van der Waals surface area (Å²) in [6, 6.07) is 15.0. The molecule has 234 valence electrons. The van der Waals surface area contributed by atoms with Crippen molar-refractivity contribution in [3.05, 3.63) is 85.5 Å². The molecule has 3 heterocycles. The Hall–Kier alpha value is -3.95. The number of aliphatic hydroxyl groups is 1. The smallest absolute Gasteiger partial charge is 0.253 e. The Balaban J connectivity index is 1.64. The van der Waals surface area contributed by atoms with Crippen molar-refractivity contribution in [2.24, 2.45) is 11.8 Å². The van der Waals surface area contributed by atoms with Gasteiger partial charge in [0.25, 0.3) is 5.91 Å². The van der Waals surface area contributed by atoms with Gasteiger partial charge in [0, 0.05) is 25.8 Å². The normalized spacial score (nSPS) is 27.5. The van der Waals surface area contributed by atoms with Crippen LogP contribution in [-0.4, -0.2) is 89.8 Å². The maximum atomic E-state index is 14.9. The summed E-state index contributed by atoms with van der Waals surface area (Å²) >= 11 is 0. The number of amides is 3. The zero-order valence-electron chi connectivity index (χ0n) is 25.9. The largest absolute Gasteiger partial charge is 0.497 e. The number of carbonyl (C=O) groups excluding carboxylic acids is 3. The predicted molar refractivity (Wildman–Crippen MR) is 168 cm³/mol. The highest BCUT2D eigenvalue weighted by Crippen LogP contribution is 2.65. The number of likely N-dealkylation sites (N-methyl/N-ethyl adjacent to an activating group) is 1. The SMILES string of the molecule is C=CCN(C)C(=O)[C@@H]1[C@H]2C(=O)N([C@@H](CO)Cc3ccccc3)C(C(=O)N(CC=C)c3ccc(OC)cc3)C23CC[C@@]1(CC)O3. The first-order chi connectivity index (χ1) is 21.2. The molecule has 3 fully saturated rings. The molecule has 2 aromatic rings. The summed E-state index contributed by atoms with van der Waals surface area (Å²) in [6.07, 6.45) is 5.17. The maximum absolute atomic E-state index is 14.9. The Morgan fingerprint density at radius 1 is 1.09 bits per heavy atom. The first-order valence-electron chi connectivity index (χ1n) is 15.3. The third-order valence-electron chi connectivity index (χ3n) is 9.78. The van der Waals surface area contributed by atoms with Gasteiger partial charge < -0.3 is 29.3 Å². The van der Waals surface area contributed by atoms with Gasteiger partial charge in [0.05, 0.1) is 37.2 Å². The molecule has 1 spiro atoms. The Morgan fingerprint density at radius 2 is 1.77 bits per heavy atom. The molecular weight excluding hydrogens is 558 g/mol. The zero-order chi connectivity index (χ0) is 31.6. The van der Waals surface area contributed by atoms with E-state index in [1.165, 1.54) is 4.90 Å². The minimum Gasteiger partial charge on any atom is -0.497 e. The quantitative estimate of drug-likeness (QED) is 0.352. The first-order valence-corrected chi connectivity index (χ1v) is 15.3. The summed E-state index contributed by atoms with van der Waals surface area (Å²) < 4.78 is 12.3. The van der Waals surface area contributed by atoms with Gasteiger partial charge in [-0.1, -0.05) is 49.4 Å². The zero-order valence-corrected chi connectivity index (χ0v) is 25.9. The molecule has 2 unspecified atom stereocenters. The van der Waals surface area contributed by atoms with Crippen molar-refractivity contribution in [2.75, 3.05) is 38.8 Å². The molecule has 0 radical (unpaired) electrons. The van der Waals surface area contributed by atoms with E-state index >= 15 is 0 Å². The van der Waals surface area contributed by atoms with E-state index in [4.69, 9.17) is 9.47 Å². The number of ether oxygens (including phenoxy) is 2. The minimum absolute atomic E-state index is 0.191. The maximum Gasteiger partial charge on any atom is 0.253 e. The van der Waals surface area contributed by atoms with Crippen molar-refractivity contribution in [3.8, 4) is 5.75 Å². The lowest BCUT2D eigenvalue weighted by Crippen LogP contribution is -2.59. The van der Waals surface area contributed by atoms with Gasteiger partial charge >= 0.3 is 0 Å². The van der Waals surface area contributed by atoms with E-state index in [0.717, 1.165) is 5.56 Å². The van der Waals surface area contributed by atoms with Gasteiger partial charge in [0.1, 0.15) is 17.4 Å². The number of carbonyl (C=O) groups is 3. The highest BCUT2D eigenvalue weighted by Gasteiger charge is 2.79. The van der Waals surface area contributed by atoms with Gasteiger partial charge in [0.15, 0.2) is 0 Å². The second kappa shape index (κ2) is 12.6. The van der Waals surface area contributed by atoms with Crippen LogP contribution in [0.1, 0.15) is 31.7 Å². The molecule has 0 aromatic heterocycles. The van der Waals surface area contributed by atoms with E-state index in [9.17, 15) is 19.5 Å². The molecule has 5 rings (SSSR count). The van der Waals surface area contributed by atoms with Crippen LogP contribution in [0.4, 0.5) is 5.69 Å². The van der Waals surface area contributed by atoms with E-state index in [1.54, 1.807) is 60.4 Å². The second-order valence-electron chi connectivity index (χ2n) is 12.0. The Labute approximate surface area is 259 Å². The van der Waals surface area contributed by atoms with E-state index in [-0.39, 0.29) is 30.9 Å². The third-order valence-corrected chi connectivity index (χ3v) is 9.78. The molecule has 44 heavy (non-hydrogen) atoms. The van der Waals surface area contributed by atoms with Crippen molar-refractivity contribution in [1.29, 1.82) is 0 Å². The number of hydrogen-bond donors (Lipinski definition) is 1. The van der Waals surface area contributed by atoms with Crippen LogP contribution in [0, 0.1) is 11.8 Å². The van der Waals surface area contributed by atoms with Crippen molar-refractivity contribution in [2.45, 2.75) is 55.9 Å². The molecule has 1 N–H and O–H groups in total. The third kappa shape index (κ3) is 5.02. The van der Waals surface area contributed by atoms with Crippen LogP contribution in [0.15, 0.2) is 79.9 Å². The number of nitrogens with zero attached hydrogens (tertiary/aromatic N) is 3. The van der Waals surface area contributed by atoms with E-state index < -0.39 is 35.1 Å². The van der Waals surface area contributed by atoms with Crippen molar-refractivity contribution < 1.29 is 29.0 Å². The van der Waals surface area contributed by atoms with Gasteiger partial charge in [-0.25, -0.2) is 0 Å². The molecule has 6 atom stereocenters. The number of likely N-dealkylation sites (tertiary alicyclic amines) is 1. The fourth-order valence-corrected chi connectivity index (χ4v) is 7.72. The summed E-state index contributed by atoms with van der Waals surface area (Å²) in [5, 5.41) is 10.8. The number of aliphatic hydroxyl groups excluding tert-OH is 1. The van der Waals surface area contributed by atoms with Gasteiger partial charge in [-0.2, -0.15) is 0 Å². The molecule has 0 saturated carbocycles. The van der Waals surface area contributed by atoms with Crippen LogP contribution in [0.3, 0.4) is 0 Å². The number of anilines is 1. The van der Waals surface area contributed by atoms with Crippen LogP contribution in [0.5, 0.6) is 5.75 Å². The average Bonchev–Trinajstić information content (AvgIpc) is 3.66. The fourth-order valence-electron chi connectivity index (χ4n) is 7.72. The number of fused-ring (bicyclic) bond motifs is 1. The highest BCUT2D eigenvalue weighted by molar-refractivity contribution is 6.05. The fraction of sp³-hybridized carbons (Fsp3) is 0.457. The van der Waals surface area contributed by atoms with Crippen LogP contribution < -0.4 is 9.64 Å². The number of benzene rings is 2. The molecule has 3 saturated heterocycles. The lowest BCUT2D eigenvalue weighted by molar-refractivity contribution is -0.153. The van der Waals surface area contributed by atoms with Crippen LogP contribution >= 0.6 is 0 Å². The van der Waals surface area contributed by atoms with Crippen molar-refractivity contribution in [1.82, 2.24) is 9.80 Å². The van der Waals surface area contributed by atoms with Crippen LogP contribution in [0.2, 0.25) is 0 Å². The summed E-state index contributed by atoms with van der Waals surface area (Å²) in [5.74, 6) is -1.84. The molecule has 9 nitrogen and oxygen atoms in total. The summed E-state index contributed by atoms with van der Waals surface area (Å²) in [4.78, 5) is 48.5. The topological polar surface area (TPSA) is 99.6 Å². The number of methoxy groups -OCH3 is 1. The monoisotopic (exact) mass is 601 g/mol.